The molecule has 146 valence electrons. The van der Waals surface area contributed by atoms with Crippen LogP contribution in [-0.2, 0) is 4.79 Å². The van der Waals surface area contributed by atoms with Crippen LogP contribution in [0, 0.1) is 45.9 Å². The zero-order valence-corrected chi connectivity index (χ0v) is 17.5. The number of amides is 1. The van der Waals surface area contributed by atoms with Gasteiger partial charge in [0, 0.05) is 22.8 Å². The molecule has 1 amide bonds. The molecular formula is C25H25N3O. The fourth-order valence-corrected chi connectivity index (χ4v) is 3.57. The van der Waals surface area contributed by atoms with E-state index in [1.54, 1.807) is 6.08 Å². The molecule has 1 aromatic heterocycles. The molecule has 4 nitrogen and oxygen atoms in total. The Morgan fingerprint density at radius 1 is 1.00 bits per heavy atom. The lowest BCUT2D eigenvalue weighted by molar-refractivity contribution is -0.112. The van der Waals surface area contributed by atoms with E-state index in [-0.39, 0.29) is 5.57 Å². The van der Waals surface area contributed by atoms with E-state index >= 15 is 0 Å². The maximum absolute atomic E-state index is 12.7. The Morgan fingerprint density at radius 2 is 1.72 bits per heavy atom. The van der Waals surface area contributed by atoms with Gasteiger partial charge in [-0.25, -0.2) is 0 Å². The van der Waals surface area contributed by atoms with Crippen LogP contribution in [0.4, 0.5) is 5.69 Å². The lowest BCUT2D eigenvalue weighted by atomic mass is 10.1. The highest BCUT2D eigenvalue weighted by atomic mass is 16.1. The molecule has 0 saturated heterocycles. The van der Waals surface area contributed by atoms with Gasteiger partial charge < -0.3 is 9.88 Å². The third kappa shape index (κ3) is 4.14. The highest BCUT2D eigenvalue weighted by Gasteiger charge is 2.15. The van der Waals surface area contributed by atoms with Gasteiger partial charge in [-0.05, 0) is 75.6 Å². The Balaban J connectivity index is 1.98. The first-order valence-corrected chi connectivity index (χ1v) is 9.57. The zero-order chi connectivity index (χ0) is 21.1. The Bertz CT molecular complexity index is 1160. The number of aryl methyl sites for hydroxylation is 4. The number of rotatable bonds is 4. The van der Waals surface area contributed by atoms with Gasteiger partial charge in [0.1, 0.15) is 11.6 Å². The number of para-hydroxylation sites is 1. The number of nitrogens with zero attached hydrogens (tertiary/aromatic N) is 2. The highest BCUT2D eigenvalue weighted by molar-refractivity contribution is 6.10. The number of hydrogen-bond donors (Lipinski definition) is 1. The van der Waals surface area contributed by atoms with Crippen molar-refractivity contribution in [3.63, 3.8) is 0 Å². The number of carbonyl (C=O) groups is 1. The fourth-order valence-electron chi connectivity index (χ4n) is 3.57. The molecule has 0 radical (unpaired) electrons. The lowest BCUT2D eigenvalue weighted by Crippen LogP contribution is -2.14. The Hall–Kier alpha value is -3.58. The minimum atomic E-state index is -0.405. The van der Waals surface area contributed by atoms with Crippen LogP contribution in [0.1, 0.15) is 33.6 Å². The first kappa shape index (κ1) is 20.2. The number of anilines is 1. The minimum Gasteiger partial charge on any atom is -0.321 e. The summed E-state index contributed by atoms with van der Waals surface area (Å²) < 4.78 is 2.16. The number of nitriles is 1. The molecule has 1 heterocycles. The summed E-state index contributed by atoms with van der Waals surface area (Å²) in [6, 6.07) is 17.9. The van der Waals surface area contributed by atoms with Crippen molar-refractivity contribution in [2.24, 2.45) is 0 Å². The minimum absolute atomic E-state index is 0.0779. The molecule has 4 heteroatoms. The summed E-state index contributed by atoms with van der Waals surface area (Å²) in [7, 11) is 0. The van der Waals surface area contributed by atoms with Gasteiger partial charge in [-0.15, -0.1) is 0 Å². The van der Waals surface area contributed by atoms with Crippen LogP contribution in [-0.4, -0.2) is 10.5 Å². The van der Waals surface area contributed by atoms with Gasteiger partial charge in [0.15, 0.2) is 0 Å². The number of benzene rings is 2. The third-order valence-corrected chi connectivity index (χ3v) is 5.12. The average molecular weight is 383 g/mol. The Labute approximate surface area is 172 Å². The van der Waals surface area contributed by atoms with E-state index in [2.05, 4.69) is 41.9 Å². The number of aromatic nitrogens is 1. The summed E-state index contributed by atoms with van der Waals surface area (Å²) in [6.07, 6.45) is 1.66. The lowest BCUT2D eigenvalue weighted by Gasteiger charge is -2.13. The molecule has 1 N–H and O–H groups in total. The topological polar surface area (TPSA) is 57.8 Å². The maximum atomic E-state index is 12.7. The van der Waals surface area contributed by atoms with Crippen LogP contribution >= 0.6 is 0 Å². The molecule has 0 aliphatic rings. The van der Waals surface area contributed by atoms with Crippen LogP contribution in [0.2, 0.25) is 0 Å². The van der Waals surface area contributed by atoms with E-state index in [0.29, 0.717) is 5.69 Å². The van der Waals surface area contributed by atoms with Gasteiger partial charge >= 0.3 is 0 Å². The fraction of sp³-hybridized carbons (Fsp3) is 0.200. The largest absolute Gasteiger partial charge is 0.321 e. The molecule has 29 heavy (non-hydrogen) atoms. The van der Waals surface area contributed by atoms with Crippen molar-refractivity contribution < 1.29 is 4.79 Å². The van der Waals surface area contributed by atoms with E-state index < -0.39 is 5.91 Å². The van der Waals surface area contributed by atoms with Crippen molar-refractivity contribution >= 4 is 17.7 Å². The first-order chi connectivity index (χ1) is 13.8. The summed E-state index contributed by atoms with van der Waals surface area (Å²) in [4.78, 5) is 12.7. The monoisotopic (exact) mass is 383 g/mol. The summed E-state index contributed by atoms with van der Waals surface area (Å²) >= 11 is 0. The molecule has 0 saturated carbocycles. The van der Waals surface area contributed by atoms with E-state index in [0.717, 1.165) is 28.2 Å². The molecular weight excluding hydrogens is 358 g/mol. The van der Waals surface area contributed by atoms with E-state index in [9.17, 15) is 10.1 Å². The normalized spacial score (nSPS) is 11.2. The van der Waals surface area contributed by atoms with Crippen molar-refractivity contribution in [3.8, 4) is 11.8 Å². The van der Waals surface area contributed by atoms with Crippen LogP contribution in [0.5, 0.6) is 0 Å². The summed E-state index contributed by atoms with van der Waals surface area (Å²) in [5.74, 6) is -0.405. The maximum Gasteiger partial charge on any atom is 0.266 e. The quantitative estimate of drug-likeness (QED) is 0.473. The summed E-state index contributed by atoms with van der Waals surface area (Å²) in [5.41, 5.74) is 8.14. The smallest absolute Gasteiger partial charge is 0.266 e. The highest BCUT2D eigenvalue weighted by Crippen LogP contribution is 2.26. The molecule has 0 fully saturated rings. The molecule has 2 aromatic carbocycles. The predicted octanol–water partition coefficient (Wildman–Crippen LogP) is 5.57. The van der Waals surface area contributed by atoms with Crippen molar-refractivity contribution in [2.45, 2.75) is 34.6 Å². The third-order valence-electron chi connectivity index (χ3n) is 5.12. The molecule has 0 atom stereocenters. The molecule has 0 spiro atoms. The van der Waals surface area contributed by atoms with E-state index in [1.165, 1.54) is 11.1 Å². The van der Waals surface area contributed by atoms with Gasteiger partial charge in [0.05, 0.1) is 0 Å². The molecule has 0 aliphatic carbocycles. The average Bonchev–Trinajstić information content (AvgIpc) is 2.95. The van der Waals surface area contributed by atoms with Crippen molar-refractivity contribution in [1.82, 2.24) is 4.57 Å². The van der Waals surface area contributed by atoms with Crippen molar-refractivity contribution in [2.75, 3.05) is 5.32 Å². The molecule has 0 aliphatic heterocycles. The van der Waals surface area contributed by atoms with E-state index in [4.69, 9.17) is 0 Å². The van der Waals surface area contributed by atoms with Crippen LogP contribution in [0.25, 0.3) is 11.8 Å². The van der Waals surface area contributed by atoms with Crippen LogP contribution in [0.15, 0.2) is 54.1 Å². The van der Waals surface area contributed by atoms with Crippen molar-refractivity contribution in [3.05, 3.63) is 87.7 Å². The molecule has 3 aromatic rings. The molecule has 0 bridgehead atoms. The summed E-state index contributed by atoms with van der Waals surface area (Å²) in [5, 5.41) is 12.4. The van der Waals surface area contributed by atoms with Gasteiger partial charge in [-0.3, -0.25) is 4.79 Å². The van der Waals surface area contributed by atoms with Gasteiger partial charge in [-0.1, -0.05) is 35.9 Å². The van der Waals surface area contributed by atoms with Crippen LogP contribution < -0.4 is 5.32 Å². The second-order valence-electron chi connectivity index (χ2n) is 7.39. The predicted molar refractivity (Wildman–Crippen MR) is 118 cm³/mol. The zero-order valence-electron chi connectivity index (χ0n) is 17.5. The number of nitrogens with one attached hydrogen (secondary N) is 1. The number of carbonyl (C=O) groups excluding carboxylic acids is 1. The Morgan fingerprint density at radius 3 is 2.38 bits per heavy atom. The van der Waals surface area contributed by atoms with Gasteiger partial charge in [0.25, 0.3) is 5.91 Å². The second-order valence-corrected chi connectivity index (χ2v) is 7.39. The SMILES string of the molecule is Cc1ccc(-n2c(C)cc(/C=C(/C#N)C(=O)Nc3ccccc3C)c2C)c(C)c1. The summed E-state index contributed by atoms with van der Waals surface area (Å²) in [6.45, 7) is 10.1. The van der Waals surface area contributed by atoms with E-state index in [1.807, 2.05) is 57.2 Å². The first-order valence-electron chi connectivity index (χ1n) is 9.57. The van der Waals surface area contributed by atoms with Crippen LogP contribution in [0.3, 0.4) is 0 Å². The van der Waals surface area contributed by atoms with Gasteiger partial charge in [-0.2, -0.15) is 5.26 Å². The molecule has 0 unspecified atom stereocenters. The Kier molecular flexibility index (Phi) is 5.70. The number of hydrogen-bond acceptors (Lipinski definition) is 2. The van der Waals surface area contributed by atoms with Crippen molar-refractivity contribution in [1.29, 1.82) is 5.26 Å². The van der Waals surface area contributed by atoms with Gasteiger partial charge in [0.2, 0.25) is 0 Å². The molecule has 3 rings (SSSR count). The second kappa shape index (κ2) is 8.20. The standard InChI is InChI=1S/C25H25N3O/c1-16-10-11-24(18(3)12-16)28-19(4)13-21(20(28)5)14-22(15-26)25(29)27-23-9-7-6-8-17(23)2/h6-14H,1-5H3,(H,27,29)/b22-14-.